The van der Waals surface area contributed by atoms with Crippen molar-refractivity contribution in [2.75, 3.05) is 6.61 Å². The molecule has 0 saturated carbocycles. The van der Waals surface area contributed by atoms with Crippen molar-refractivity contribution in [1.82, 2.24) is 4.57 Å². The number of carbonyl (C=O) groups excluding carboxylic acids is 1. The quantitative estimate of drug-likeness (QED) is 0.788. The van der Waals surface area contributed by atoms with Crippen molar-refractivity contribution in [2.45, 2.75) is 33.1 Å². The van der Waals surface area contributed by atoms with Crippen LogP contribution in [0.1, 0.15) is 37.8 Å². The molecule has 0 aliphatic rings. The van der Waals surface area contributed by atoms with Gasteiger partial charge >= 0.3 is 5.97 Å². The normalized spacial score (nSPS) is 11.2. The lowest BCUT2D eigenvalue weighted by Gasteiger charge is -2.06. The van der Waals surface area contributed by atoms with Gasteiger partial charge in [-0.25, -0.2) is 0 Å². The van der Waals surface area contributed by atoms with Crippen LogP contribution in [-0.4, -0.2) is 17.1 Å². The number of fused-ring (bicyclic) bond motifs is 1. The summed E-state index contributed by atoms with van der Waals surface area (Å²) in [6, 6.07) is 6.47. The van der Waals surface area contributed by atoms with Crippen molar-refractivity contribution < 1.29 is 9.53 Å². The Hall–Kier alpha value is -1.77. The molecule has 0 fully saturated rings. The highest BCUT2D eigenvalue weighted by Crippen LogP contribution is 2.26. The number of ether oxygens (including phenoxy) is 1. The van der Waals surface area contributed by atoms with Crippen molar-refractivity contribution in [2.24, 2.45) is 7.05 Å². The Morgan fingerprint density at radius 1 is 1.37 bits per heavy atom. The molecule has 3 heteroatoms. The van der Waals surface area contributed by atoms with Crippen LogP contribution < -0.4 is 0 Å². The van der Waals surface area contributed by atoms with Crippen LogP contribution in [0.4, 0.5) is 0 Å². The molecule has 0 unspecified atom stereocenters. The molecule has 1 heterocycles. The Bertz CT molecular complexity index is 596. The second-order valence-corrected chi connectivity index (χ2v) is 5.18. The molecule has 0 saturated heterocycles. The summed E-state index contributed by atoms with van der Waals surface area (Å²) in [6.07, 6.45) is 2.36. The van der Waals surface area contributed by atoms with Crippen LogP contribution >= 0.6 is 0 Å². The molecule has 102 valence electrons. The molecule has 0 spiro atoms. The number of hydrogen-bond acceptors (Lipinski definition) is 2. The highest BCUT2D eigenvalue weighted by molar-refractivity contribution is 5.88. The number of aryl methyl sites for hydroxylation is 1. The molecular weight excluding hydrogens is 238 g/mol. The number of hydrogen-bond donors (Lipinski definition) is 0. The van der Waals surface area contributed by atoms with Gasteiger partial charge in [-0.2, -0.15) is 0 Å². The van der Waals surface area contributed by atoms with Gasteiger partial charge in [0.25, 0.3) is 0 Å². The van der Waals surface area contributed by atoms with Gasteiger partial charge in [-0.15, -0.1) is 0 Å². The third kappa shape index (κ3) is 2.80. The molecule has 2 aromatic rings. The van der Waals surface area contributed by atoms with E-state index in [1.807, 2.05) is 20.2 Å². The number of rotatable bonds is 4. The second kappa shape index (κ2) is 5.47. The van der Waals surface area contributed by atoms with Gasteiger partial charge in [0.05, 0.1) is 13.0 Å². The first-order valence-electron chi connectivity index (χ1n) is 6.76. The zero-order chi connectivity index (χ0) is 14.0. The van der Waals surface area contributed by atoms with Crippen LogP contribution in [0.3, 0.4) is 0 Å². The van der Waals surface area contributed by atoms with E-state index in [-0.39, 0.29) is 5.97 Å². The van der Waals surface area contributed by atoms with Crippen LogP contribution in [-0.2, 0) is 23.0 Å². The summed E-state index contributed by atoms with van der Waals surface area (Å²) in [5.41, 5.74) is 3.49. The average Bonchev–Trinajstić information content (AvgIpc) is 2.66. The van der Waals surface area contributed by atoms with Gasteiger partial charge in [-0.05, 0) is 36.1 Å². The van der Waals surface area contributed by atoms with E-state index in [9.17, 15) is 4.79 Å². The summed E-state index contributed by atoms with van der Waals surface area (Å²) in [5, 5.41) is 1.15. The minimum absolute atomic E-state index is 0.162. The highest BCUT2D eigenvalue weighted by Gasteiger charge is 2.12. The van der Waals surface area contributed by atoms with E-state index in [1.165, 1.54) is 5.56 Å². The van der Waals surface area contributed by atoms with E-state index in [2.05, 4.69) is 36.6 Å². The average molecular weight is 259 g/mol. The van der Waals surface area contributed by atoms with E-state index >= 15 is 0 Å². The Labute approximate surface area is 114 Å². The maximum atomic E-state index is 11.7. The van der Waals surface area contributed by atoms with Crippen LogP contribution in [0, 0.1) is 0 Å². The number of aromatic nitrogens is 1. The summed E-state index contributed by atoms with van der Waals surface area (Å²) in [7, 11) is 2.01. The first kappa shape index (κ1) is 13.7. The molecule has 3 nitrogen and oxygen atoms in total. The fourth-order valence-electron chi connectivity index (χ4n) is 2.36. The highest BCUT2D eigenvalue weighted by atomic mass is 16.5. The van der Waals surface area contributed by atoms with Gasteiger partial charge in [-0.1, -0.05) is 19.9 Å². The molecule has 0 amide bonds. The fraction of sp³-hybridized carbons (Fsp3) is 0.438. The third-order valence-electron chi connectivity index (χ3n) is 3.40. The molecule has 19 heavy (non-hydrogen) atoms. The molecule has 2 rings (SSSR count). The number of benzene rings is 1. The number of esters is 1. The summed E-state index contributed by atoms with van der Waals surface area (Å²) in [5.74, 6) is 0.324. The summed E-state index contributed by atoms with van der Waals surface area (Å²) in [6.45, 7) is 6.61. The molecular formula is C16H21NO2. The molecule has 1 aromatic carbocycles. The monoisotopic (exact) mass is 259 g/mol. The second-order valence-electron chi connectivity index (χ2n) is 5.18. The minimum Gasteiger partial charge on any atom is -0.466 e. The maximum absolute atomic E-state index is 11.7. The zero-order valence-electron chi connectivity index (χ0n) is 12.1. The van der Waals surface area contributed by atoms with E-state index in [0.717, 1.165) is 16.5 Å². The Balaban J connectivity index is 2.43. The third-order valence-corrected chi connectivity index (χ3v) is 3.40. The standard InChI is InChI=1S/C16H21NO2/c1-5-19-16(18)9-13-10-17(4)15-7-6-12(11(2)3)8-14(13)15/h6-8,10-11H,5,9H2,1-4H3. The van der Waals surface area contributed by atoms with E-state index in [0.29, 0.717) is 18.9 Å². The molecule has 0 atom stereocenters. The SMILES string of the molecule is CCOC(=O)Cc1cn(C)c2ccc(C(C)C)cc12. The van der Waals surface area contributed by atoms with Crippen LogP contribution in [0.15, 0.2) is 24.4 Å². The largest absolute Gasteiger partial charge is 0.466 e. The fourth-order valence-corrected chi connectivity index (χ4v) is 2.36. The summed E-state index contributed by atoms with van der Waals surface area (Å²) in [4.78, 5) is 11.7. The predicted molar refractivity (Wildman–Crippen MR) is 77.3 cm³/mol. The summed E-state index contributed by atoms with van der Waals surface area (Å²) < 4.78 is 7.10. The van der Waals surface area contributed by atoms with Gasteiger partial charge in [-0.3, -0.25) is 4.79 Å². The first-order valence-corrected chi connectivity index (χ1v) is 6.76. The van der Waals surface area contributed by atoms with Crippen molar-refractivity contribution in [3.8, 4) is 0 Å². The Morgan fingerprint density at radius 2 is 2.11 bits per heavy atom. The molecule has 0 aliphatic carbocycles. The lowest BCUT2D eigenvalue weighted by atomic mass is 10.00. The van der Waals surface area contributed by atoms with Gasteiger partial charge in [0, 0.05) is 24.1 Å². The van der Waals surface area contributed by atoms with Crippen molar-refractivity contribution >= 4 is 16.9 Å². The van der Waals surface area contributed by atoms with Crippen LogP contribution in [0.5, 0.6) is 0 Å². The topological polar surface area (TPSA) is 31.2 Å². The van der Waals surface area contributed by atoms with Gasteiger partial charge in [0.15, 0.2) is 0 Å². The van der Waals surface area contributed by atoms with E-state index < -0.39 is 0 Å². The van der Waals surface area contributed by atoms with E-state index in [1.54, 1.807) is 0 Å². The Kier molecular flexibility index (Phi) is 3.93. The first-order chi connectivity index (χ1) is 9.02. The van der Waals surface area contributed by atoms with E-state index in [4.69, 9.17) is 4.74 Å². The molecule has 0 radical (unpaired) electrons. The lowest BCUT2D eigenvalue weighted by molar-refractivity contribution is -0.142. The van der Waals surface area contributed by atoms with Crippen LogP contribution in [0.25, 0.3) is 10.9 Å². The maximum Gasteiger partial charge on any atom is 0.310 e. The van der Waals surface area contributed by atoms with Crippen LogP contribution in [0.2, 0.25) is 0 Å². The molecule has 0 bridgehead atoms. The van der Waals surface area contributed by atoms with Crippen molar-refractivity contribution in [1.29, 1.82) is 0 Å². The van der Waals surface area contributed by atoms with Gasteiger partial charge in [0.2, 0.25) is 0 Å². The van der Waals surface area contributed by atoms with Gasteiger partial charge < -0.3 is 9.30 Å². The molecule has 0 N–H and O–H groups in total. The smallest absolute Gasteiger partial charge is 0.310 e. The number of nitrogens with zero attached hydrogens (tertiary/aromatic N) is 1. The predicted octanol–water partition coefficient (Wildman–Crippen LogP) is 3.41. The lowest BCUT2D eigenvalue weighted by Crippen LogP contribution is -2.07. The molecule has 0 aliphatic heterocycles. The van der Waals surface area contributed by atoms with Crippen molar-refractivity contribution in [3.05, 3.63) is 35.5 Å². The zero-order valence-corrected chi connectivity index (χ0v) is 12.1. The van der Waals surface area contributed by atoms with Crippen molar-refractivity contribution in [3.63, 3.8) is 0 Å². The number of carbonyl (C=O) groups is 1. The minimum atomic E-state index is -0.162. The Morgan fingerprint density at radius 3 is 2.74 bits per heavy atom. The molecule has 1 aromatic heterocycles. The van der Waals surface area contributed by atoms with Gasteiger partial charge in [0.1, 0.15) is 0 Å². The summed E-state index contributed by atoms with van der Waals surface area (Å²) >= 11 is 0.